The standard InChI is InChI=1S/C7H6F2N2O2/c1-4-2-10-3-5(11(12)13)6(4)7(8)9/h2-3,7H,1H3. The van der Waals surface area contributed by atoms with Crippen molar-refractivity contribution in [3.63, 3.8) is 0 Å². The highest BCUT2D eigenvalue weighted by Crippen LogP contribution is 2.30. The second-order valence-electron chi connectivity index (χ2n) is 2.45. The van der Waals surface area contributed by atoms with Gasteiger partial charge in [0.1, 0.15) is 11.8 Å². The minimum absolute atomic E-state index is 0.129. The maximum absolute atomic E-state index is 12.3. The zero-order valence-corrected chi connectivity index (χ0v) is 6.70. The molecule has 0 unspecified atom stereocenters. The van der Waals surface area contributed by atoms with Crippen molar-refractivity contribution in [1.29, 1.82) is 0 Å². The number of aromatic nitrogens is 1. The van der Waals surface area contributed by atoms with Crippen molar-refractivity contribution in [2.24, 2.45) is 0 Å². The van der Waals surface area contributed by atoms with Crippen molar-refractivity contribution in [3.05, 3.63) is 33.6 Å². The molecule has 13 heavy (non-hydrogen) atoms. The third kappa shape index (κ3) is 1.77. The lowest BCUT2D eigenvalue weighted by atomic mass is 10.1. The number of pyridine rings is 1. The minimum atomic E-state index is -2.84. The second-order valence-corrected chi connectivity index (χ2v) is 2.45. The Hall–Kier alpha value is -1.59. The van der Waals surface area contributed by atoms with Crippen LogP contribution in [0.3, 0.4) is 0 Å². The van der Waals surface area contributed by atoms with E-state index in [0.717, 1.165) is 6.20 Å². The molecular weight excluding hydrogens is 182 g/mol. The van der Waals surface area contributed by atoms with Crippen molar-refractivity contribution < 1.29 is 13.7 Å². The van der Waals surface area contributed by atoms with E-state index in [1.165, 1.54) is 13.1 Å². The van der Waals surface area contributed by atoms with Gasteiger partial charge in [0.25, 0.3) is 12.1 Å². The summed E-state index contributed by atoms with van der Waals surface area (Å²) in [6, 6.07) is 0. The molecule has 0 radical (unpaired) electrons. The molecule has 1 aromatic heterocycles. The van der Waals surface area contributed by atoms with Gasteiger partial charge in [0.2, 0.25) is 0 Å². The number of hydrogen-bond donors (Lipinski definition) is 0. The first-order valence-corrected chi connectivity index (χ1v) is 3.41. The molecule has 0 fully saturated rings. The Balaban J connectivity index is 3.34. The Labute approximate surface area is 72.4 Å². The predicted octanol–water partition coefficient (Wildman–Crippen LogP) is 2.24. The van der Waals surface area contributed by atoms with Crippen molar-refractivity contribution in [2.45, 2.75) is 13.3 Å². The molecule has 0 aliphatic rings. The summed E-state index contributed by atoms with van der Waals surface area (Å²) >= 11 is 0. The van der Waals surface area contributed by atoms with E-state index in [1.807, 2.05) is 0 Å². The first-order valence-electron chi connectivity index (χ1n) is 3.41. The molecule has 0 bridgehead atoms. The molecule has 6 heteroatoms. The molecule has 1 heterocycles. The molecule has 4 nitrogen and oxygen atoms in total. The lowest BCUT2D eigenvalue weighted by Crippen LogP contribution is -1.99. The van der Waals surface area contributed by atoms with Crippen LogP contribution < -0.4 is 0 Å². The number of aryl methyl sites for hydroxylation is 1. The summed E-state index contributed by atoms with van der Waals surface area (Å²) in [5.74, 6) is 0. The van der Waals surface area contributed by atoms with E-state index in [9.17, 15) is 18.9 Å². The van der Waals surface area contributed by atoms with Crippen LogP contribution in [0.5, 0.6) is 0 Å². The molecule has 1 rings (SSSR count). The fourth-order valence-corrected chi connectivity index (χ4v) is 0.990. The van der Waals surface area contributed by atoms with Gasteiger partial charge in [-0.2, -0.15) is 0 Å². The topological polar surface area (TPSA) is 56.0 Å². The quantitative estimate of drug-likeness (QED) is 0.528. The Morgan fingerprint density at radius 1 is 1.54 bits per heavy atom. The molecule has 1 aromatic rings. The molecule has 0 saturated carbocycles. The van der Waals surface area contributed by atoms with Crippen molar-refractivity contribution in [2.75, 3.05) is 0 Å². The number of nitrogens with zero attached hydrogens (tertiary/aromatic N) is 2. The van der Waals surface area contributed by atoms with Crippen molar-refractivity contribution in [3.8, 4) is 0 Å². The molecule has 0 saturated heterocycles. The summed E-state index contributed by atoms with van der Waals surface area (Å²) in [6.07, 6.45) is -0.841. The van der Waals surface area contributed by atoms with Gasteiger partial charge in [-0.15, -0.1) is 0 Å². The number of nitro groups is 1. The van der Waals surface area contributed by atoms with Crippen LogP contribution in [0.1, 0.15) is 17.6 Å². The highest BCUT2D eigenvalue weighted by Gasteiger charge is 2.23. The van der Waals surface area contributed by atoms with Gasteiger partial charge in [-0.25, -0.2) is 8.78 Å². The van der Waals surface area contributed by atoms with E-state index in [4.69, 9.17) is 0 Å². The highest BCUT2D eigenvalue weighted by atomic mass is 19.3. The van der Waals surface area contributed by atoms with Gasteiger partial charge in [-0.1, -0.05) is 0 Å². The normalized spacial score (nSPS) is 10.5. The van der Waals surface area contributed by atoms with E-state index in [0.29, 0.717) is 0 Å². The summed E-state index contributed by atoms with van der Waals surface area (Å²) in [5, 5.41) is 10.3. The Morgan fingerprint density at radius 2 is 2.15 bits per heavy atom. The van der Waals surface area contributed by atoms with Gasteiger partial charge in [0, 0.05) is 6.20 Å². The Bertz CT molecular complexity index is 341. The number of alkyl halides is 2. The van der Waals surface area contributed by atoms with Gasteiger partial charge < -0.3 is 0 Å². The summed E-state index contributed by atoms with van der Waals surface area (Å²) < 4.78 is 24.6. The number of hydrogen-bond acceptors (Lipinski definition) is 3. The summed E-state index contributed by atoms with van der Waals surface area (Å²) in [4.78, 5) is 12.9. The monoisotopic (exact) mass is 188 g/mol. The van der Waals surface area contributed by atoms with Crippen LogP contribution in [0.25, 0.3) is 0 Å². The second kappa shape index (κ2) is 3.42. The van der Waals surface area contributed by atoms with E-state index in [1.54, 1.807) is 0 Å². The fraction of sp³-hybridized carbons (Fsp3) is 0.286. The molecule has 0 aromatic carbocycles. The van der Waals surface area contributed by atoms with Crippen molar-refractivity contribution >= 4 is 5.69 Å². The fourth-order valence-electron chi connectivity index (χ4n) is 0.990. The average Bonchev–Trinajstić information content (AvgIpc) is 2.02. The predicted molar refractivity (Wildman–Crippen MR) is 40.6 cm³/mol. The van der Waals surface area contributed by atoms with Gasteiger partial charge in [-0.3, -0.25) is 15.1 Å². The highest BCUT2D eigenvalue weighted by molar-refractivity contribution is 5.42. The molecule has 0 aliphatic carbocycles. The third-order valence-corrected chi connectivity index (χ3v) is 1.58. The van der Waals surface area contributed by atoms with Gasteiger partial charge >= 0.3 is 0 Å². The lowest BCUT2D eigenvalue weighted by molar-refractivity contribution is -0.386. The van der Waals surface area contributed by atoms with Crippen LogP contribution in [0.15, 0.2) is 12.4 Å². The van der Waals surface area contributed by atoms with E-state index < -0.39 is 22.6 Å². The molecule has 0 atom stereocenters. The average molecular weight is 188 g/mol. The lowest BCUT2D eigenvalue weighted by Gasteiger charge is -2.03. The maximum Gasteiger partial charge on any atom is 0.296 e. The molecule has 0 spiro atoms. The summed E-state index contributed by atoms with van der Waals surface area (Å²) in [5.41, 5.74) is -1.06. The Morgan fingerprint density at radius 3 is 2.54 bits per heavy atom. The van der Waals surface area contributed by atoms with Crippen molar-refractivity contribution in [1.82, 2.24) is 4.98 Å². The van der Waals surface area contributed by atoms with Crippen LogP contribution in [0, 0.1) is 17.0 Å². The number of halogens is 2. The largest absolute Gasteiger partial charge is 0.296 e. The van der Waals surface area contributed by atoms with Crippen LogP contribution in [0.2, 0.25) is 0 Å². The van der Waals surface area contributed by atoms with Crippen LogP contribution >= 0.6 is 0 Å². The SMILES string of the molecule is Cc1cncc([N+](=O)[O-])c1C(F)F. The van der Waals surface area contributed by atoms with E-state index in [2.05, 4.69) is 4.98 Å². The molecule has 0 N–H and O–H groups in total. The first-order chi connectivity index (χ1) is 6.04. The maximum atomic E-state index is 12.3. The minimum Gasteiger partial charge on any atom is -0.258 e. The van der Waals surface area contributed by atoms with E-state index >= 15 is 0 Å². The zero-order valence-electron chi connectivity index (χ0n) is 6.70. The summed E-state index contributed by atoms with van der Waals surface area (Å²) in [7, 11) is 0. The molecule has 0 aliphatic heterocycles. The smallest absolute Gasteiger partial charge is 0.258 e. The molecular formula is C7H6F2N2O2. The summed E-state index contributed by atoms with van der Waals surface area (Å²) in [6.45, 7) is 1.36. The first kappa shape index (κ1) is 9.50. The van der Waals surface area contributed by atoms with Gasteiger partial charge in [0.05, 0.1) is 4.92 Å². The Kier molecular flexibility index (Phi) is 2.50. The zero-order chi connectivity index (χ0) is 10.0. The molecule has 70 valence electrons. The van der Waals surface area contributed by atoms with Crippen LogP contribution in [0.4, 0.5) is 14.5 Å². The van der Waals surface area contributed by atoms with E-state index in [-0.39, 0.29) is 5.56 Å². The van der Waals surface area contributed by atoms with Crippen LogP contribution in [-0.2, 0) is 0 Å². The third-order valence-electron chi connectivity index (χ3n) is 1.58. The van der Waals surface area contributed by atoms with Gasteiger partial charge in [0.15, 0.2) is 0 Å². The molecule has 0 amide bonds. The number of rotatable bonds is 2. The van der Waals surface area contributed by atoms with Gasteiger partial charge in [-0.05, 0) is 12.5 Å². The van der Waals surface area contributed by atoms with Crippen LogP contribution in [-0.4, -0.2) is 9.91 Å².